The number of aryl methyl sites for hydroxylation is 2. The third-order valence-electron chi connectivity index (χ3n) is 6.11. The van der Waals surface area contributed by atoms with E-state index in [1.54, 1.807) is 41.2 Å². The van der Waals surface area contributed by atoms with Gasteiger partial charge in [-0.05, 0) is 43.0 Å². The molecule has 0 bridgehead atoms. The molecule has 3 aromatic heterocycles. The van der Waals surface area contributed by atoms with E-state index in [1.807, 2.05) is 49.6 Å². The summed E-state index contributed by atoms with van der Waals surface area (Å²) >= 11 is 1.59. The maximum Gasteiger partial charge on any atom is 0.274 e. The Morgan fingerprint density at radius 3 is 2.63 bits per heavy atom. The zero-order valence-electron chi connectivity index (χ0n) is 19.9. The molecule has 1 atom stereocenters. The van der Waals surface area contributed by atoms with Gasteiger partial charge in [0.2, 0.25) is 0 Å². The lowest BCUT2D eigenvalue weighted by atomic mass is 10.0. The Bertz CT molecular complexity index is 1500. The molecule has 0 radical (unpaired) electrons. The highest BCUT2D eigenvalue weighted by molar-refractivity contribution is 7.12. The van der Waals surface area contributed by atoms with Gasteiger partial charge in [-0.15, -0.1) is 11.3 Å². The number of rotatable bonds is 6. The van der Waals surface area contributed by atoms with Crippen LogP contribution in [0.2, 0.25) is 0 Å². The van der Waals surface area contributed by atoms with Crippen molar-refractivity contribution in [1.29, 1.82) is 0 Å². The fraction of sp³-hybridized carbons (Fsp3) is 0.280. The minimum atomic E-state index is -0.304. The lowest BCUT2D eigenvalue weighted by molar-refractivity contribution is -0.133. The maximum atomic E-state index is 13.7. The number of carbonyl (C=O) groups excluding carboxylic acids is 1. The molecule has 9 nitrogen and oxygen atoms in total. The lowest BCUT2D eigenvalue weighted by Gasteiger charge is -2.24. The molecule has 10 heteroatoms. The minimum Gasteiger partial charge on any atom is -0.493 e. The number of nitrogens with zero attached hydrogens (tertiary/aromatic N) is 5. The van der Waals surface area contributed by atoms with E-state index in [0.29, 0.717) is 35.0 Å². The number of thiophene rings is 1. The van der Waals surface area contributed by atoms with Gasteiger partial charge in [0.1, 0.15) is 12.2 Å². The molecule has 180 valence electrons. The third kappa shape index (κ3) is 4.10. The lowest BCUT2D eigenvalue weighted by Crippen LogP contribution is -2.32. The van der Waals surface area contributed by atoms with Crippen LogP contribution in [-0.2, 0) is 11.3 Å². The summed E-state index contributed by atoms with van der Waals surface area (Å²) in [4.78, 5) is 27.1. The highest BCUT2D eigenvalue weighted by Crippen LogP contribution is 2.38. The van der Waals surface area contributed by atoms with Crippen molar-refractivity contribution >= 4 is 28.6 Å². The molecule has 5 rings (SSSR count). The monoisotopic (exact) mass is 491 g/mol. The van der Waals surface area contributed by atoms with Gasteiger partial charge in [-0.3, -0.25) is 9.59 Å². The van der Waals surface area contributed by atoms with Crippen molar-refractivity contribution in [1.82, 2.24) is 19.2 Å². The van der Waals surface area contributed by atoms with E-state index in [2.05, 4.69) is 5.10 Å². The van der Waals surface area contributed by atoms with Crippen LogP contribution in [0.25, 0.3) is 5.65 Å². The summed E-state index contributed by atoms with van der Waals surface area (Å²) in [5.74, 6) is 1.02. The van der Waals surface area contributed by atoms with Gasteiger partial charge in [0, 0.05) is 24.2 Å². The number of fused-ring (bicyclic) bond motifs is 1. The summed E-state index contributed by atoms with van der Waals surface area (Å²) in [6.45, 7) is 3.65. The molecular formula is C25H25N5O4S. The number of ether oxygens (including phenoxy) is 2. The van der Waals surface area contributed by atoms with Crippen molar-refractivity contribution < 1.29 is 14.3 Å². The molecule has 35 heavy (non-hydrogen) atoms. The number of hydrazone groups is 1. The molecule has 0 saturated heterocycles. The zero-order valence-corrected chi connectivity index (χ0v) is 20.7. The molecule has 0 N–H and O–H groups in total. The van der Waals surface area contributed by atoms with E-state index < -0.39 is 0 Å². The quantitative estimate of drug-likeness (QED) is 0.411. The van der Waals surface area contributed by atoms with Crippen LogP contribution in [0.5, 0.6) is 11.5 Å². The Balaban J connectivity index is 1.54. The summed E-state index contributed by atoms with van der Waals surface area (Å²) in [5, 5.41) is 12.6. The largest absolute Gasteiger partial charge is 0.493 e. The fourth-order valence-electron chi connectivity index (χ4n) is 4.40. The Labute approximate surface area is 205 Å². The Morgan fingerprint density at radius 1 is 1.11 bits per heavy atom. The molecule has 4 aromatic rings. The van der Waals surface area contributed by atoms with Crippen LogP contribution in [0.3, 0.4) is 0 Å². The normalized spacial score (nSPS) is 15.5. The van der Waals surface area contributed by atoms with Gasteiger partial charge >= 0.3 is 0 Å². The zero-order chi connectivity index (χ0) is 24.7. The number of hydrogen-bond acceptors (Lipinski definition) is 7. The number of carbonyl (C=O) groups is 1. The first-order chi connectivity index (χ1) is 16.9. The predicted octanol–water partition coefficient (Wildman–Crippen LogP) is 3.57. The summed E-state index contributed by atoms with van der Waals surface area (Å²) in [6, 6.07) is 12.6. The summed E-state index contributed by atoms with van der Waals surface area (Å²) in [6.07, 6.45) is 0.575. The van der Waals surface area contributed by atoms with Crippen molar-refractivity contribution in [2.45, 2.75) is 32.9 Å². The molecule has 0 fully saturated rings. The third-order valence-corrected chi connectivity index (χ3v) is 7.03. The van der Waals surface area contributed by atoms with Crippen molar-refractivity contribution in [3.05, 3.63) is 80.0 Å². The van der Waals surface area contributed by atoms with Gasteiger partial charge in [-0.2, -0.15) is 14.7 Å². The first-order valence-electron chi connectivity index (χ1n) is 11.1. The molecule has 0 spiro atoms. The first kappa shape index (κ1) is 22.9. The van der Waals surface area contributed by atoms with Crippen molar-refractivity contribution in [2.24, 2.45) is 5.10 Å². The highest BCUT2D eigenvalue weighted by atomic mass is 32.1. The van der Waals surface area contributed by atoms with E-state index in [-0.39, 0.29) is 24.1 Å². The molecule has 0 saturated carbocycles. The van der Waals surface area contributed by atoms with Crippen molar-refractivity contribution in [2.75, 3.05) is 14.2 Å². The SMILES string of the molecule is COc1ccc([C@@H]2CC(c3cccs3)=NN2C(=O)Cn2c(C)cc(=O)n3nc(C)cc23)cc1OC. The van der Waals surface area contributed by atoms with Crippen LogP contribution in [0, 0.1) is 13.8 Å². The predicted molar refractivity (Wildman–Crippen MR) is 134 cm³/mol. The van der Waals surface area contributed by atoms with Crippen LogP contribution in [0.4, 0.5) is 0 Å². The second-order valence-electron chi connectivity index (χ2n) is 8.36. The second kappa shape index (κ2) is 9.03. The van der Waals surface area contributed by atoms with Crippen LogP contribution in [-0.4, -0.2) is 45.0 Å². The molecule has 1 aromatic carbocycles. The average molecular weight is 492 g/mol. The van der Waals surface area contributed by atoms with Gasteiger partial charge in [-0.25, -0.2) is 5.01 Å². The molecular weight excluding hydrogens is 466 g/mol. The van der Waals surface area contributed by atoms with E-state index in [1.165, 1.54) is 10.6 Å². The summed E-state index contributed by atoms with van der Waals surface area (Å²) < 4.78 is 14.0. The topological polar surface area (TPSA) is 90.4 Å². The highest BCUT2D eigenvalue weighted by Gasteiger charge is 2.34. The first-order valence-corrected chi connectivity index (χ1v) is 12.0. The van der Waals surface area contributed by atoms with Crippen LogP contribution in [0.15, 0.2) is 57.7 Å². The van der Waals surface area contributed by atoms with Crippen LogP contribution in [0.1, 0.15) is 34.3 Å². The van der Waals surface area contributed by atoms with E-state index >= 15 is 0 Å². The summed E-state index contributed by atoms with van der Waals surface area (Å²) in [7, 11) is 3.18. The van der Waals surface area contributed by atoms with E-state index in [9.17, 15) is 9.59 Å². The Hall–Kier alpha value is -3.92. The second-order valence-corrected chi connectivity index (χ2v) is 9.31. The van der Waals surface area contributed by atoms with Gasteiger partial charge < -0.3 is 14.0 Å². The van der Waals surface area contributed by atoms with Crippen molar-refractivity contribution in [3.63, 3.8) is 0 Å². The number of benzene rings is 1. The van der Waals surface area contributed by atoms with Crippen LogP contribution < -0.4 is 15.0 Å². The number of hydrogen-bond donors (Lipinski definition) is 0. The van der Waals surface area contributed by atoms with E-state index in [4.69, 9.17) is 14.6 Å². The van der Waals surface area contributed by atoms with Gasteiger partial charge in [0.15, 0.2) is 11.5 Å². The van der Waals surface area contributed by atoms with Gasteiger partial charge in [0.05, 0.1) is 36.5 Å². The molecule has 0 unspecified atom stereocenters. The average Bonchev–Trinajstić information content (AvgIpc) is 3.60. The molecule has 1 amide bonds. The maximum absolute atomic E-state index is 13.7. The fourth-order valence-corrected chi connectivity index (χ4v) is 5.12. The molecule has 1 aliphatic rings. The van der Waals surface area contributed by atoms with Gasteiger partial charge in [-0.1, -0.05) is 12.1 Å². The number of aromatic nitrogens is 3. The van der Waals surface area contributed by atoms with Gasteiger partial charge in [0.25, 0.3) is 11.5 Å². The number of amides is 1. The standard InChI is InChI=1S/C25H25N5O4S/c1-15-10-23-28(16(2)11-24(31)30(23)26-15)14-25(32)29-19(13-18(27-29)22-6-5-9-35-22)17-7-8-20(33-3)21(12-17)34-4/h5-12,19H,13-14H2,1-4H3/t19-/m0/s1. The summed E-state index contributed by atoms with van der Waals surface area (Å²) in [5.41, 5.74) is 3.49. The number of methoxy groups -OCH3 is 2. The Morgan fingerprint density at radius 2 is 1.91 bits per heavy atom. The molecule has 1 aliphatic heterocycles. The minimum absolute atomic E-state index is 0.0196. The van der Waals surface area contributed by atoms with E-state index in [0.717, 1.165) is 16.2 Å². The van der Waals surface area contributed by atoms with Crippen LogP contribution >= 0.6 is 11.3 Å². The molecule has 0 aliphatic carbocycles. The molecule has 4 heterocycles. The smallest absolute Gasteiger partial charge is 0.274 e. The van der Waals surface area contributed by atoms with Crippen molar-refractivity contribution in [3.8, 4) is 11.5 Å². The Kier molecular flexibility index (Phi) is 5.89.